The standard InChI is InChI=1S/C14H21FN2O2/c1-9-6-17(7-12(8-18)19-9)14-4-3-11(10(2)16)5-13(14)15/h3-5,9-10,12,18H,6-8,16H2,1-2H3/t9?,10-,12?/m1/s1. The normalized spacial score (nSPS) is 25.4. The monoisotopic (exact) mass is 268 g/mol. The van der Waals surface area contributed by atoms with Gasteiger partial charge >= 0.3 is 0 Å². The van der Waals surface area contributed by atoms with Crippen molar-refractivity contribution >= 4 is 5.69 Å². The molecule has 0 aliphatic carbocycles. The first-order chi connectivity index (χ1) is 9.01. The number of hydrogen-bond acceptors (Lipinski definition) is 4. The Hall–Kier alpha value is -1.17. The molecule has 1 fully saturated rings. The van der Waals surface area contributed by atoms with Gasteiger partial charge in [0.15, 0.2) is 0 Å². The van der Waals surface area contributed by atoms with Crippen molar-refractivity contribution in [1.29, 1.82) is 0 Å². The smallest absolute Gasteiger partial charge is 0.146 e. The van der Waals surface area contributed by atoms with Gasteiger partial charge < -0.3 is 20.5 Å². The molecule has 1 aromatic rings. The molecule has 2 unspecified atom stereocenters. The Balaban J connectivity index is 2.21. The van der Waals surface area contributed by atoms with E-state index < -0.39 is 0 Å². The van der Waals surface area contributed by atoms with Crippen LogP contribution in [0, 0.1) is 5.82 Å². The molecule has 0 saturated carbocycles. The molecule has 0 aromatic heterocycles. The lowest BCUT2D eigenvalue weighted by molar-refractivity contribution is -0.0422. The minimum absolute atomic E-state index is 0.0293. The lowest BCUT2D eigenvalue weighted by atomic mass is 10.1. The highest BCUT2D eigenvalue weighted by Crippen LogP contribution is 2.25. The van der Waals surface area contributed by atoms with Gasteiger partial charge in [-0.05, 0) is 31.5 Å². The van der Waals surface area contributed by atoms with E-state index in [1.807, 2.05) is 24.8 Å². The summed E-state index contributed by atoms with van der Waals surface area (Å²) >= 11 is 0. The van der Waals surface area contributed by atoms with Crippen LogP contribution in [0.5, 0.6) is 0 Å². The zero-order chi connectivity index (χ0) is 14.0. The Bertz CT molecular complexity index is 439. The molecule has 19 heavy (non-hydrogen) atoms. The first-order valence-electron chi connectivity index (χ1n) is 6.57. The van der Waals surface area contributed by atoms with Gasteiger partial charge in [-0.15, -0.1) is 0 Å². The molecule has 0 spiro atoms. The molecule has 106 valence electrons. The van der Waals surface area contributed by atoms with Crippen LogP contribution in [0.4, 0.5) is 10.1 Å². The summed E-state index contributed by atoms with van der Waals surface area (Å²) in [7, 11) is 0. The van der Waals surface area contributed by atoms with Crippen molar-refractivity contribution in [2.24, 2.45) is 5.73 Å². The van der Waals surface area contributed by atoms with Crippen LogP contribution in [-0.2, 0) is 4.74 Å². The third-order valence-electron chi connectivity index (χ3n) is 3.37. The number of benzene rings is 1. The number of halogens is 1. The quantitative estimate of drug-likeness (QED) is 0.870. The molecule has 1 aromatic carbocycles. The SMILES string of the molecule is CC1CN(c2ccc([C@@H](C)N)cc2F)CC(CO)O1. The van der Waals surface area contributed by atoms with E-state index in [2.05, 4.69) is 0 Å². The number of ether oxygens (including phenoxy) is 1. The molecule has 2 rings (SSSR count). The van der Waals surface area contributed by atoms with Crippen molar-refractivity contribution in [2.75, 3.05) is 24.6 Å². The summed E-state index contributed by atoms with van der Waals surface area (Å²) in [5.41, 5.74) is 7.06. The summed E-state index contributed by atoms with van der Waals surface area (Å²) in [6, 6.07) is 4.89. The number of nitrogens with two attached hydrogens (primary N) is 1. The van der Waals surface area contributed by atoms with Crippen molar-refractivity contribution in [2.45, 2.75) is 32.1 Å². The van der Waals surface area contributed by atoms with E-state index in [-0.39, 0.29) is 30.7 Å². The number of hydrogen-bond donors (Lipinski definition) is 2. The minimum atomic E-state index is -0.277. The first kappa shape index (κ1) is 14.2. The molecule has 0 radical (unpaired) electrons. The second-order valence-electron chi connectivity index (χ2n) is 5.16. The van der Waals surface area contributed by atoms with Gasteiger partial charge in [-0.2, -0.15) is 0 Å². The van der Waals surface area contributed by atoms with E-state index in [0.29, 0.717) is 18.8 Å². The zero-order valence-electron chi connectivity index (χ0n) is 11.3. The molecule has 1 aliphatic rings. The number of rotatable bonds is 3. The first-order valence-corrected chi connectivity index (χ1v) is 6.57. The Morgan fingerprint density at radius 3 is 2.84 bits per heavy atom. The molecule has 4 nitrogen and oxygen atoms in total. The third-order valence-corrected chi connectivity index (χ3v) is 3.37. The van der Waals surface area contributed by atoms with Gasteiger partial charge in [0.05, 0.1) is 24.5 Å². The summed E-state index contributed by atoms with van der Waals surface area (Å²) < 4.78 is 19.7. The average Bonchev–Trinajstić information content (AvgIpc) is 2.37. The lowest BCUT2D eigenvalue weighted by Gasteiger charge is -2.37. The van der Waals surface area contributed by atoms with Crippen molar-refractivity contribution < 1.29 is 14.2 Å². The molecule has 1 aliphatic heterocycles. The van der Waals surface area contributed by atoms with Crippen LogP contribution in [0.25, 0.3) is 0 Å². The number of morpholine rings is 1. The van der Waals surface area contributed by atoms with Crippen LogP contribution in [0.2, 0.25) is 0 Å². The number of anilines is 1. The van der Waals surface area contributed by atoms with Crippen LogP contribution >= 0.6 is 0 Å². The Kier molecular flexibility index (Phi) is 4.39. The topological polar surface area (TPSA) is 58.7 Å². The molecule has 0 bridgehead atoms. The van der Waals surface area contributed by atoms with Gasteiger partial charge in [-0.1, -0.05) is 6.07 Å². The molecule has 0 amide bonds. The van der Waals surface area contributed by atoms with Gasteiger partial charge in [0.2, 0.25) is 0 Å². The van der Waals surface area contributed by atoms with Crippen LogP contribution in [0.15, 0.2) is 18.2 Å². The number of aliphatic hydroxyl groups is 1. The lowest BCUT2D eigenvalue weighted by Crippen LogP contribution is -2.48. The van der Waals surface area contributed by atoms with Crippen LogP contribution in [0.3, 0.4) is 0 Å². The van der Waals surface area contributed by atoms with E-state index in [9.17, 15) is 9.50 Å². The number of nitrogens with zero attached hydrogens (tertiary/aromatic N) is 1. The predicted molar refractivity (Wildman–Crippen MR) is 72.6 cm³/mol. The maximum Gasteiger partial charge on any atom is 0.146 e. The van der Waals surface area contributed by atoms with Gasteiger partial charge in [-0.3, -0.25) is 0 Å². The molecule has 5 heteroatoms. The fourth-order valence-corrected chi connectivity index (χ4v) is 2.41. The highest BCUT2D eigenvalue weighted by molar-refractivity contribution is 5.50. The zero-order valence-corrected chi connectivity index (χ0v) is 11.3. The minimum Gasteiger partial charge on any atom is -0.394 e. The third kappa shape index (κ3) is 3.23. The molecule has 1 saturated heterocycles. The van der Waals surface area contributed by atoms with Gasteiger partial charge in [-0.25, -0.2) is 4.39 Å². The van der Waals surface area contributed by atoms with Crippen molar-refractivity contribution in [1.82, 2.24) is 0 Å². The summed E-state index contributed by atoms with van der Waals surface area (Å²) in [5, 5.41) is 9.20. The number of aliphatic hydroxyl groups excluding tert-OH is 1. The second kappa shape index (κ2) is 5.86. The predicted octanol–water partition coefficient (Wildman–Crippen LogP) is 1.43. The van der Waals surface area contributed by atoms with E-state index >= 15 is 0 Å². The summed E-state index contributed by atoms with van der Waals surface area (Å²) in [4.78, 5) is 1.91. The Morgan fingerprint density at radius 2 is 2.26 bits per heavy atom. The van der Waals surface area contributed by atoms with Gasteiger partial charge in [0.25, 0.3) is 0 Å². The van der Waals surface area contributed by atoms with Crippen molar-refractivity contribution in [3.05, 3.63) is 29.6 Å². The average molecular weight is 268 g/mol. The molecular weight excluding hydrogens is 247 g/mol. The Labute approximate surface area is 113 Å². The molecule has 1 heterocycles. The molecular formula is C14H21FN2O2. The van der Waals surface area contributed by atoms with Crippen molar-refractivity contribution in [3.8, 4) is 0 Å². The summed E-state index contributed by atoms with van der Waals surface area (Å²) in [6.07, 6.45) is -0.297. The largest absolute Gasteiger partial charge is 0.394 e. The summed E-state index contributed by atoms with van der Waals surface area (Å²) in [6.45, 7) is 4.80. The van der Waals surface area contributed by atoms with Crippen LogP contribution in [-0.4, -0.2) is 37.0 Å². The van der Waals surface area contributed by atoms with E-state index in [0.717, 1.165) is 5.56 Å². The van der Waals surface area contributed by atoms with E-state index in [4.69, 9.17) is 10.5 Å². The van der Waals surface area contributed by atoms with E-state index in [1.54, 1.807) is 6.07 Å². The fraction of sp³-hybridized carbons (Fsp3) is 0.571. The highest BCUT2D eigenvalue weighted by atomic mass is 19.1. The van der Waals surface area contributed by atoms with Crippen molar-refractivity contribution in [3.63, 3.8) is 0 Å². The van der Waals surface area contributed by atoms with Crippen LogP contribution in [0.1, 0.15) is 25.5 Å². The maximum absolute atomic E-state index is 14.2. The van der Waals surface area contributed by atoms with Gasteiger partial charge in [0, 0.05) is 19.1 Å². The van der Waals surface area contributed by atoms with Gasteiger partial charge in [0.1, 0.15) is 5.82 Å². The van der Waals surface area contributed by atoms with E-state index in [1.165, 1.54) is 6.07 Å². The summed E-state index contributed by atoms with van der Waals surface area (Å²) in [5.74, 6) is -0.277. The molecule has 3 N–H and O–H groups in total. The van der Waals surface area contributed by atoms with Crippen LogP contribution < -0.4 is 10.6 Å². The maximum atomic E-state index is 14.2. The Morgan fingerprint density at radius 1 is 1.53 bits per heavy atom. The second-order valence-corrected chi connectivity index (χ2v) is 5.16. The fourth-order valence-electron chi connectivity index (χ4n) is 2.41. The molecule has 3 atom stereocenters. The highest BCUT2D eigenvalue weighted by Gasteiger charge is 2.26.